The second kappa shape index (κ2) is 16.7. The van der Waals surface area contributed by atoms with Crippen LogP contribution in [0.2, 0.25) is 10.0 Å². The molecule has 0 aromatic heterocycles. The van der Waals surface area contributed by atoms with Gasteiger partial charge in [-0.3, -0.25) is 19.6 Å². The van der Waals surface area contributed by atoms with E-state index in [0.717, 1.165) is 31.9 Å². The van der Waals surface area contributed by atoms with Crippen LogP contribution in [0.3, 0.4) is 0 Å². The maximum atomic E-state index is 13.3. The SMILES string of the molecule is C=CC(=O)Nc1cc(N2CCN(CCO)CC2)ccc1N/C(=C/C(=N\C)N(C)C(=O)Nc1c(Cl)c(OC)cc(OC)c1Cl)N=C. The molecule has 0 spiro atoms. The number of hydrogen-bond donors (Lipinski definition) is 4. The van der Waals surface area contributed by atoms with E-state index in [9.17, 15) is 14.7 Å². The number of ether oxygens (including phenoxy) is 2. The summed E-state index contributed by atoms with van der Waals surface area (Å²) in [4.78, 5) is 39.5. The Kier molecular flexibility index (Phi) is 13.0. The molecule has 0 atom stereocenters. The Balaban J connectivity index is 1.85. The minimum atomic E-state index is -0.614. The number of β-amino-alcohol motifs (C(OH)–C–C–N with tert-alkyl or cyclic N) is 1. The zero-order chi connectivity index (χ0) is 33.1. The van der Waals surface area contributed by atoms with E-state index in [-0.39, 0.29) is 45.5 Å². The molecule has 0 unspecified atom stereocenters. The first-order chi connectivity index (χ1) is 21.6. The molecular weight excluding hydrogens is 623 g/mol. The molecule has 0 radical (unpaired) electrons. The Labute approximate surface area is 272 Å². The molecule has 13 nitrogen and oxygen atoms in total. The molecule has 0 bridgehead atoms. The Hall–Kier alpha value is -4.30. The molecule has 2 aromatic carbocycles. The van der Waals surface area contributed by atoms with Gasteiger partial charge in [0.1, 0.15) is 33.2 Å². The number of anilines is 4. The molecule has 3 rings (SSSR count). The molecule has 1 saturated heterocycles. The normalized spacial score (nSPS) is 14.0. The van der Waals surface area contributed by atoms with Crippen LogP contribution in [0.4, 0.5) is 27.5 Å². The van der Waals surface area contributed by atoms with Crippen LogP contribution in [0.15, 0.2) is 58.8 Å². The van der Waals surface area contributed by atoms with Gasteiger partial charge in [-0.05, 0) is 31.0 Å². The maximum Gasteiger partial charge on any atom is 0.327 e. The zero-order valence-electron chi connectivity index (χ0n) is 25.7. The number of rotatable bonds is 12. The van der Waals surface area contributed by atoms with Gasteiger partial charge in [-0.2, -0.15) is 0 Å². The van der Waals surface area contributed by atoms with Crippen LogP contribution in [0.5, 0.6) is 11.5 Å². The minimum Gasteiger partial charge on any atom is -0.495 e. The number of carbonyl (C=O) groups excluding carboxylic acids is 2. The molecule has 1 heterocycles. The van der Waals surface area contributed by atoms with E-state index in [1.54, 1.807) is 0 Å². The molecule has 0 aliphatic carbocycles. The third-order valence-corrected chi connectivity index (χ3v) is 7.73. The van der Waals surface area contributed by atoms with Gasteiger partial charge in [0.25, 0.3) is 0 Å². The first-order valence-corrected chi connectivity index (χ1v) is 14.6. The lowest BCUT2D eigenvalue weighted by Gasteiger charge is -2.36. The number of piperazine rings is 1. The number of aliphatic hydroxyl groups is 1. The highest BCUT2D eigenvalue weighted by molar-refractivity contribution is 6.41. The number of aliphatic hydroxyl groups excluding tert-OH is 1. The van der Waals surface area contributed by atoms with Gasteiger partial charge in [-0.1, -0.05) is 29.8 Å². The highest BCUT2D eigenvalue weighted by Crippen LogP contribution is 2.44. The Bertz CT molecular complexity index is 1450. The molecule has 4 N–H and O–H groups in total. The van der Waals surface area contributed by atoms with Gasteiger partial charge >= 0.3 is 6.03 Å². The fraction of sp³-hybridized carbons (Fsp3) is 0.333. The van der Waals surface area contributed by atoms with Crippen LogP contribution in [-0.4, -0.2) is 107 Å². The third kappa shape index (κ3) is 8.88. The van der Waals surface area contributed by atoms with Gasteiger partial charge < -0.3 is 35.4 Å². The van der Waals surface area contributed by atoms with Gasteiger partial charge in [0.05, 0.1) is 37.9 Å². The summed E-state index contributed by atoms with van der Waals surface area (Å²) in [7, 11) is 5.87. The monoisotopic (exact) mass is 660 g/mol. The predicted octanol–water partition coefficient (Wildman–Crippen LogP) is 4.40. The van der Waals surface area contributed by atoms with Crippen molar-refractivity contribution in [3.05, 3.63) is 58.9 Å². The van der Waals surface area contributed by atoms with Gasteiger partial charge in [0, 0.05) is 64.6 Å². The number of aliphatic imine (C=N–C) groups is 2. The van der Waals surface area contributed by atoms with Gasteiger partial charge in [-0.25, -0.2) is 9.79 Å². The average Bonchev–Trinajstić information content (AvgIpc) is 3.05. The summed E-state index contributed by atoms with van der Waals surface area (Å²) in [6.07, 6.45) is 2.69. The van der Waals surface area contributed by atoms with Crippen molar-refractivity contribution in [2.45, 2.75) is 0 Å². The number of nitrogens with one attached hydrogen (secondary N) is 3. The fourth-order valence-electron chi connectivity index (χ4n) is 4.48. The van der Waals surface area contributed by atoms with Crippen LogP contribution in [0, 0.1) is 0 Å². The van der Waals surface area contributed by atoms with Crippen molar-refractivity contribution in [2.75, 3.05) is 88.5 Å². The smallest absolute Gasteiger partial charge is 0.327 e. The Morgan fingerprint density at radius 1 is 1.04 bits per heavy atom. The third-order valence-electron chi connectivity index (χ3n) is 6.98. The number of amidine groups is 1. The minimum absolute atomic E-state index is 0.0929. The molecule has 0 saturated carbocycles. The second-order valence-electron chi connectivity index (χ2n) is 9.64. The second-order valence-corrected chi connectivity index (χ2v) is 10.4. The highest BCUT2D eigenvalue weighted by atomic mass is 35.5. The number of nitrogens with zero attached hydrogens (tertiary/aromatic N) is 5. The summed E-state index contributed by atoms with van der Waals surface area (Å²) < 4.78 is 10.5. The van der Waals surface area contributed by atoms with Crippen LogP contribution >= 0.6 is 23.2 Å². The topological polar surface area (TPSA) is 143 Å². The lowest BCUT2D eigenvalue weighted by Crippen LogP contribution is -2.47. The van der Waals surface area contributed by atoms with E-state index in [0.29, 0.717) is 17.9 Å². The number of urea groups is 1. The highest BCUT2D eigenvalue weighted by Gasteiger charge is 2.23. The molecular formula is C30H38Cl2N8O5. The fourth-order valence-corrected chi connectivity index (χ4v) is 5.07. The molecule has 45 heavy (non-hydrogen) atoms. The van der Waals surface area contributed by atoms with Crippen molar-refractivity contribution in [3.8, 4) is 11.5 Å². The number of hydrogen-bond acceptors (Lipinski definition) is 10. The Morgan fingerprint density at radius 3 is 2.22 bits per heavy atom. The van der Waals surface area contributed by atoms with E-state index in [1.165, 1.54) is 51.4 Å². The molecule has 1 aliphatic rings. The number of halogens is 2. The number of benzene rings is 2. The standard InChI is InChI=1S/C30H38Cl2N8O5/c1-7-26(42)36-21-16-19(40-12-10-39(11-13-40)14-15-41)8-9-20(21)35-24(33-2)18-25(34-3)38(4)30(43)37-29-27(31)22(44-5)17-23(45-6)28(29)32/h7-9,16-18,35,41H,1-2,10-15H2,3-6H3,(H,36,42)(H,37,43)/b24-18+,34-25+. The van der Waals surface area contributed by atoms with E-state index >= 15 is 0 Å². The number of amides is 3. The first-order valence-electron chi connectivity index (χ1n) is 13.8. The molecule has 1 aliphatic heterocycles. The largest absolute Gasteiger partial charge is 0.495 e. The molecule has 242 valence electrons. The summed E-state index contributed by atoms with van der Waals surface area (Å²) in [6, 6.07) is 6.50. The predicted molar refractivity (Wildman–Crippen MR) is 182 cm³/mol. The Morgan fingerprint density at radius 2 is 1.69 bits per heavy atom. The van der Waals surface area contributed by atoms with Crippen LogP contribution in [-0.2, 0) is 4.79 Å². The average molecular weight is 662 g/mol. The maximum absolute atomic E-state index is 13.3. The first kappa shape index (κ1) is 35.2. The summed E-state index contributed by atoms with van der Waals surface area (Å²) in [5, 5.41) is 18.1. The van der Waals surface area contributed by atoms with Crippen molar-refractivity contribution >= 4 is 70.4 Å². The van der Waals surface area contributed by atoms with Crippen molar-refractivity contribution in [3.63, 3.8) is 0 Å². The molecule has 1 fully saturated rings. The molecule has 15 heteroatoms. The van der Waals surface area contributed by atoms with E-state index in [2.05, 4.69) is 49.0 Å². The summed E-state index contributed by atoms with van der Waals surface area (Å²) >= 11 is 12.8. The quantitative estimate of drug-likeness (QED) is 0.149. The summed E-state index contributed by atoms with van der Waals surface area (Å²) in [5.41, 5.74) is 2.03. The van der Waals surface area contributed by atoms with Crippen LogP contribution in [0.1, 0.15) is 0 Å². The van der Waals surface area contributed by atoms with Crippen molar-refractivity contribution < 1.29 is 24.2 Å². The van der Waals surface area contributed by atoms with Gasteiger partial charge in [0.2, 0.25) is 5.91 Å². The molecule has 2 aromatic rings. The summed E-state index contributed by atoms with van der Waals surface area (Å²) in [5.74, 6) is 0.583. The lowest BCUT2D eigenvalue weighted by molar-refractivity contribution is -0.111. The van der Waals surface area contributed by atoms with E-state index < -0.39 is 11.9 Å². The lowest BCUT2D eigenvalue weighted by atomic mass is 10.2. The van der Waals surface area contributed by atoms with Crippen LogP contribution in [0.25, 0.3) is 0 Å². The van der Waals surface area contributed by atoms with Gasteiger partial charge in [-0.15, -0.1) is 0 Å². The molecule has 3 amide bonds. The number of methoxy groups -OCH3 is 2. The van der Waals surface area contributed by atoms with Crippen molar-refractivity contribution in [1.82, 2.24) is 9.80 Å². The van der Waals surface area contributed by atoms with E-state index in [1.807, 2.05) is 18.2 Å². The van der Waals surface area contributed by atoms with Crippen LogP contribution < -0.4 is 30.3 Å². The van der Waals surface area contributed by atoms with Crippen molar-refractivity contribution in [1.29, 1.82) is 0 Å². The zero-order valence-corrected chi connectivity index (χ0v) is 27.2. The number of likely N-dealkylation sites (N-methyl/N-ethyl adjacent to an activating group) is 1. The number of carbonyl (C=O) groups is 2. The van der Waals surface area contributed by atoms with Gasteiger partial charge in [0.15, 0.2) is 0 Å². The summed E-state index contributed by atoms with van der Waals surface area (Å²) in [6.45, 7) is 11.1. The van der Waals surface area contributed by atoms with E-state index in [4.69, 9.17) is 32.7 Å². The van der Waals surface area contributed by atoms with Crippen molar-refractivity contribution in [2.24, 2.45) is 9.98 Å².